The smallest absolute Gasteiger partial charge is 0.255 e. The second-order valence-electron chi connectivity index (χ2n) is 8.70. The zero-order valence-corrected chi connectivity index (χ0v) is 19.7. The van der Waals surface area contributed by atoms with Gasteiger partial charge >= 0.3 is 0 Å². The maximum atomic E-state index is 13.7. The number of nitrogens with one attached hydrogen (secondary N) is 2. The third kappa shape index (κ3) is 4.19. The fraction of sp³-hybridized carbons (Fsp3) is 0.222. The first-order valence-electron chi connectivity index (χ1n) is 11.2. The van der Waals surface area contributed by atoms with Crippen molar-refractivity contribution in [2.75, 3.05) is 5.32 Å². The van der Waals surface area contributed by atoms with Crippen molar-refractivity contribution >= 4 is 28.8 Å². The number of Topliss-reactive ketones (excluding diaryl/α,β-unsaturated/α-hetero) is 1. The second kappa shape index (κ2) is 8.99. The Hall–Kier alpha value is -3.58. The van der Waals surface area contributed by atoms with Gasteiger partial charge in [0.25, 0.3) is 5.91 Å². The fourth-order valence-electron chi connectivity index (χ4n) is 4.85. The SMILES string of the molecule is CC1=C(C(=O)Nc2cccc(C)n2)C(c2ccc(F)cc2)C2=C(CC(c3cccs3)CC2=O)N1. The molecule has 34 heavy (non-hydrogen) atoms. The molecule has 3 aromatic rings. The van der Waals surface area contributed by atoms with E-state index in [9.17, 15) is 14.0 Å². The van der Waals surface area contributed by atoms with Crippen molar-refractivity contribution < 1.29 is 14.0 Å². The maximum Gasteiger partial charge on any atom is 0.255 e. The van der Waals surface area contributed by atoms with Gasteiger partial charge in [0.05, 0.1) is 0 Å². The first-order valence-corrected chi connectivity index (χ1v) is 12.1. The van der Waals surface area contributed by atoms with Crippen LogP contribution in [0.3, 0.4) is 0 Å². The molecular weight excluding hydrogens is 449 g/mol. The third-order valence-electron chi connectivity index (χ3n) is 6.35. The van der Waals surface area contributed by atoms with Crippen molar-refractivity contribution in [3.63, 3.8) is 0 Å². The van der Waals surface area contributed by atoms with Crippen LogP contribution in [0.1, 0.15) is 47.7 Å². The normalized spacial score (nSPS) is 20.1. The molecule has 0 spiro atoms. The number of rotatable bonds is 4. The predicted octanol–water partition coefficient (Wildman–Crippen LogP) is 5.59. The molecular formula is C27H24FN3O2S. The Kier molecular flexibility index (Phi) is 5.87. The van der Waals surface area contributed by atoms with Crippen LogP contribution >= 0.6 is 11.3 Å². The Morgan fingerprint density at radius 3 is 2.59 bits per heavy atom. The lowest BCUT2D eigenvalue weighted by molar-refractivity contribution is -0.116. The first kappa shape index (κ1) is 22.2. The molecule has 0 saturated heterocycles. The minimum absolute atomic E-state index is 0.00737. The van der Waals surface area contributed by atoms with Gasteiger partial charge in [-0.15, -0.1) is 11.3 Å². The topological polar surface area (TPSA) is 71.1 Å². The molecule has 1 aliphatic carbocycles. The number of amides is 1. The van der Waals surface area contributed by atoms with E-state index in [1.807, 2.05) is 37.4 Å². The number of hydrogen-bond donors (Lipinski definition) is 2. The van der Waals surface area contributed by atoms with E-state index in [2.05, 4.69) is 21.7 Å². The summed E-state index contributed by atoms with van der Waals surface area (Å²) in [5.74, 6) is -0.734. The highest BCUT2D eigenvalue weighted by atomic mass is 32.1. The number of allylic oxidation sites excluding steroid dienone is 3. The van der Waals surface area contributed by atoms with E-state index in [-0.39, 0.29) is 23.4 Å². The van der Waals surface area contributed by atoms with E-state index in [4.69, 9.17) is 0 Å². The number of ketones is 1. The van der Waals surface area contributed by atoms with Gasteiger partial charge in [0.15, 0.2) is 5.78 Å². The maximum absolute atomic E-state index is 13.7. The molecule has 1 aliphatic heterocycles. The van der Waals surface area contributed by atoms with Gasteiger partial charge in [-0.05, 0) is 61.5 Å². The number of pyridine rings is 1. The number of thiophene rings is 1. The number of hydrogen-bond acceptors (Lipinski definition) is 5. The van der Waals surface area contributed by atoms with Gasteiger partial charge in [0.1, 0.15) is 11.6 Å². The van der Waals surface area contributed by atoms with Crippen LogP contribution in [0, 0.1) is 12.7 Å². The molecule has 7 heteroatoms. The van der Waals surface area contributed by atoms with Crippen molar-refractivity contribution in [2.45, 2.75) is 38.5 Å². The highest BCUT2D eigenvalue weighted by molar-refractivity contribution is 7.10. The zero-order valence-electron chi connectivity index (χ0n) is 18.9. The molecule has 5 rings (SSSR count). The molecule has 1 amide bonds. The quantitative estimate of drug-likeness (QED) is 0.518. The van der Waals surface area contributed by atoms with Gasteiger partial charge in [-0.3, -0.25) is 9.59 Å². The predicted molar refractivity (Wildman–Crippen MR) is 131 cm³/mol. The van der Waals surface area contributed by atoms with E-state index in [0.717, 1.165) is 11.4 Å². The molecule has 5 nitrogen and oxygen atoms in total. The minimum Gasteiger partial charge on any atom is -0.362 e. The molecule has 0 bridgehead atoms. The Morgan fingerprint density at radius 1 is 1.09 bits per heavy atom. The van der Waals surface area contributed by atoms with E-state index in [1.54, 1.807) is 29.5 Å². The number of aromatic nitrogens is 1. The lowest BCUT2D eigenvalue weighted by Gasteiger charge is -2.36. The van der Waals surface area contributed by atoms with Crippen LogP contribution in [0.15, 0.2) is 82.5 Å². The molecule has 1 aromatic carbocycles. The monoisotopic (exact) mass is 473 g/mol. The van der Waals surface area contributed by atoms with E-state index >= 15 is 0 Å². The van der Waals surface area contributed by atoms with E-state index in [0.29, 0.717) is 41.1 Å². The molecule has 2 atom stereocenters. The zero-order chi connectivity index (χ0) is 23.8. The molecule has 2 aromatic heterocycles. The molecule has 2 N–H and O–H groups in total. The molecule has 0 saturated carbocycles. The van der Waals surface area contributed by atoms with Gasteiger partial charge in [-0.1, -0.05) is 24.3 Å². The number of anilines is 1. The lowest BCUT2D eigenvalue weighted by Crippen LogP contribution is -2.37. The summed E-state index contributed by atoms with van der Waals surface area (Å²) in [6.07, 6.45) is 1.07. The summed E-state index contributed by atoms with van der Waals surface area (Å²) in [6.45, 7) is 3.70. The summed E-state index contributed by atoms with van der Waals surface area (Å²) in [6, 6.07) is 15.5. The third-order valence-corrected chi connectivity index (χ3v) is 7.39. The summed E-state index contributed by atoms with van der Waals surface area (Å²) in [4.78, 5) is 32.6. The van der Waals surface area contributed by atoms with Gasteiger partial charge in [0, 0.05) is 51.4 Å². The van der Waals surface area contributed by atoms with Crippen LogP contribution < -0.4 is 10.6 Å². The molecule has 0 fully saturated rings. The van der Waals surface area contributed by atoms with Crippen molar-refractivity contribution in [2.24, 2.45) is 0 Å². The van der Waals surface area contributed by atoms with Crippen LogP contribution in [0.5, 0.6) is 0 Å². The summed E-state index contributed by atoms with van der Waals surface area (Å²) in [5, 5.41) is 8.27. The fourth-order valence-corrected chi connectivity index (χ4v) is 5.68. The number of benzene rings is 1. The number of carbonyl (C=O) groups is 2. The van der Waals surface area contributed by atoms with Crippen LogP contribution in [0.2, 0.25) is 0 Å². The van der Waals surface area contributed by atoms with E-state index in [1.165, 1.54) is 17.0 Å². The number of aryl methyl sites for hydroxylation is 1. The highest BCUT2D eigenvalue weighted by Gasteiger charge is 2.41. The van der Waals surface area contributed by atoms with Crippen LogP contribution in [-0.2, 0) is 9.59 Å². The van der Waals surface area contributed by atoms with Crippen molar-refractivity contribution in [1.29, 1.82) is 0 Å². The average Bonchev–Trinajstić information content (AvgIpc) is 3.33. The van der Waals surface area contributed by atoms with Crippen LogP contribution in [-0.4, -0.2) is 16.7 Å². The van der Waals surface area contributed by atoms with Gasteiger partial charge < -0.3 is 10.6 Å². The number of nitrogens with zero attached hydrogens (tertiary/aromatic N) is 1. The standard InChI is InChI=1S/C27H24FN3O2S/c1-15-5-3-7-23(29-15)31-27(33)24-16(2)30-20-13-18(22-6-4-12-34-22)14-21(32)26(20)25(24)17-8-10-19(28)11-9-17/h3-12,18,25,30H,13-14H2,1-2H3,(H,29,31,33). The summed E-state index contributed by atoms with van der Waals surface area (Å²) in [5.41, 5.74) is 4.04. The minimum atomic E-state index is -0.585. The Balaban J connectivity index is 1.56. The van der Waals surface area contributed by atoms with Crippen LogP contribution in [0.4, 0.5) is 10.2 Å². The van der Waals surface area contributed by atoms with Gasteiger partial charge in [-0.25, -0.2) is 9.37 Å². The summed E-state index contributed by atoms with van der Waals surface area (Å²) in [7, 11) is 0. The highest BCUT2D eigenvalue weighted by Crippen LogP contribution is 2.46. The molecule has 2 unspecified atom stereocenters. The largest absolute Gasteiger partial charge is 0.362 e. The van der Waals surface area contributed by atoms with Crippen molar-refractivity contribution in [1.82, 2.24) is 10.3 Å². The van der Waals surface area contributed by atoms with Crippen LogP contribution in [0.25, 0.3) is 0 Å². The number of halogens is 1. The van der Waals surface area contributed by atoms with E-state index < -0.39 is 5.92 Å². The van der Waals surface area contributed by atoms with Crippen molar-refractivity contribution in [3.05, 3.63) is 104 Å². The first-order chi connectivity index (χ1) is 16.4. The molecule has 2 aliphatic rings. The molecule has 3 heterocycles. The Morgan fingerprint density at radius 2 is 1.88 bits per heavy atom. The summed E-state index contributed by atoms with van der Waals surface area (Å²) < 4.78 is 13.7. The second-order valence-corrected chi connectivity index (χ2v) is 9.68. The molecule has 0 radical (unpaired) electrons. The average molecular weight is 474 g/mol. The number of carbonyl (C=O) groups excluding carboxylic acids is 2. The van der Waals surface area contributed by atoms with Gasteiger partial charge in [0.2, 0.25) is 0 Å². The lowest BCUT2D eigenvalue weighted by atomic mass is 9.72. The van der Waals surface area contributed by atoms with Gasteiger partial charge in [-0.2, -0.15) is 0 Å². The number of dihydropyridines is 1. The van der Waals surface area contributed by atoms with Crippen molar-refractivity contribution in [3.8, 4) is 0 Å². The summed E-state index contributed by atoms with van der Waals surface area (Å²) >= 11 is 1.65. The molecule has 172 valence electrons. The Bertz CT molecular complexity index is 1330. The Labute approximate surface area is 201 Å².